The molecule has 1 aromatic rings. The molecule has 1 saturated heterocycles. The molecule has 0 bridgehead atoms. The first-order valence-electron chi connectivity index (χ1n) is 7.30. The van der Waals surface area contributed by atoms with Gasteiger partial charge in [0.1, 0.15) is 0 Å². The number of benzene rings is 1. The Kier molecular flexibility index (Phi) is 6.79. The standard InChI is InChI=1S/C15H22ClN3O2/c16-14-4-2-13(3-5-14)12-18-15(20)17-6-1-7-19-8-10-21-11-9-19/h2-5H,1,6-12H2,(H2,17,18,20). The molecule has 5 nitrogen and oxygen atoms in total. The third kappa shape index (κ3) is 6.33. The van der Waals surface area contributed by atoms with Crippen molar-refractivity contribution in [3.8, 4) is 0 Å². The molecule has 0 spiro atoms. The number of rotatable bonds is 6. The number of nitrogens with zero attached hydrogens (tertiary/aromatic N) is 1. The van der Waals surface area contributed by atoms with Crippen LogP contribution in [0.5, 0.6) is 0 Å². The second-order valence-corrected chi connectivity index (χ2v) is 5.48. The normalized spacial score (nSPS) is 15.7. The topological polar surface area (TPSA) is 53.6 Å². The van der Waals surface area contributed by atoms with E-state index < -0.39 is 0 Å². The van der Waals surface area contributed by atoms with Crippen LogP contribution in [0.2, 0.25) is 5.02 Å². The maximum absolute atomic E-state index is 11.7. The van der Waals surface area contributed by atoms with Crippen LogP contribution >= 0.6 is 11.6 Å². The number of ether oxygens (including phenoxy) is 1. The molecule has 1 heterocycles. The summed E-state index contributed by atoms with van der Waals surface area (Å²) in [5, 5.41) is 6.40. The fraction of sp³-hybridized carbons (Fsp3) is 0.533. The molecule has 0 atom stereocenters. The predicted octanol–water partition coefficient (Wildman–Crippen LogP) is 1.86. The van der Waals surface area contributed by atoms with Crippen molar-refractivity contribution < 1.29 is 9.53 Å². The highest BCUT2D eigenvalue weighted by Gasteiger charge is 2.09. The van der Waals surface area contributed by atoms with Gasteiger partial charge in [0.15, 0.2) is 0 Å². The minimum Gasteiger partial charge on any atom is -0.379 e. The highest BCUT2D eigenvalue weighted by molar-refractivity contribution is 6.30. The maximum atomic E-state index is 11.7. The molecule has 0 aliphatic carbocycles. The van der Waals surface area contributed by atoms with Gasteiger partial charge in [-0.25, -0.2) is 4.79 Å². The van der Waals surface area contributed by atoms with Gasteiger partial charge < -0.3 is 15.4 Å². The second kappa shape index (κ2) is 8.87. The number of carbonyl (C=O) groups is 1. The zero-order chi connectivity index (χ0) is 14.9. The van der Waals surface area contributed by atoms with Gasteiger partial charge in [-0.2, -0.15) is 0 Å². The van der Waals surface area contributed by atoms with Crippen LogP contribution < -0.4 is 10.6 Å². The summed E-state index contributed by atoms with van der Waals surface area (Å²) in [5.74, 6) is 0. The quantitative estimate of drug-likeness (QED) is 0.789. The highest BCUT2D eigenvalue weighted by Crippen LogP contribution is 2.08. The molecule has 0 saturated carbocycles. The summed E-state index contributed by atoms with van der Waals surface area (Å²) in [6.07, 6.45) is 0.953. The molecule has 0 radical (unpaired) electrons. The van der Waals surface area contributed by atoms with Crippen molar-refractivity contribution in [2.24, 2.45) is 0 Å². The number of urea groups is 1. The summed E-state index contributed by atoms with van der Waals surface area (Å²) in [5.41, 5.74) is 1.03. The van der Waals surface area contributed by atoms with Gasteiger partial charge in [0, 0.05) is 31.2 Å². The van der Waals surface area contributed by atoms with Crippen molar-refractivity contribution in [3.05, 3.63) is 34.9 Å². The molecule has 1 fully saturated rings. The Balaban J connectivity index is 1.54. The van der Waals surface area contributed by atoms with Crippen molar-refractivity contribution in [2.75, 3.05) is 39.4 Å². The van der Waals surface area contributed by atoms with Crippen LogP contribution in [0.25, 0.3) is 0 Å². The first-order chi connectivity index (χ1) is 10.2. The fourth-order valence-corrected chi connectivity index (χ4v) is 2.30. The molecule has 1 aliphatic heterocycles. The lowest BCUT2D eigenvalue weighted by Crippen LogP contribution is -2.39. The van der Waals surface area contributed by atoms with E-state index in [0.717, 1.165) is 44.8 Å². The molecule has 21 heavy (non-hydrogen) atoms. The third-order valence-electron chi connectivity index (χ3n) is 3.41. The van der Waals surface area contributed by atoms with Gasteiger partial charge >= 0.3 is 6.03 Å². The Hall–Kier alpha value is -1.30. The van der Waals surface area contributed by atoms with Crippen molar-refractivity contribution in [3.63, 3.8) is 0 Å². The van der Waals surface area contributed by atoms with Crippen molar-refractivity contribution >= 4 is 17.6 Å². The first kappa shape index (κ1) is 16.1. The summed E-state index contributed by atoms with van der Waals surface area (Å²) >= 11 is 5.81. The molecule has 0 unspecified atom stereocenters. The Bertz CT molecular complexity index is 433. The number of amides is 2. The molecule has 2 rings (SSSR count). The SMILES string of the molecule is O=C(NCCCN1CCOCC1)NCc1ccc(Cl)cc1. The van der Waals surface area contributed by atoms with E-state index in [-0.39, 0.29) is 6.03 Å². The van der Waals surface area contributed by atoms with E-state index in [2.05, 4.69) is 15.5 Å². The Morgan fingerprint density at radius 2 is 1.90 bits per heavy atom. The summed E-state index contributed by atoms with van der Waals surface area (Å²) in [6.45, 7) is 5.80. The zero-order valence-electron chi connectivity index (χ0n) is 12.1. The van der Waals surface area contributed by atoms with Crippen LogP contribution in [-0.4, -0.2) is 50.3 Å². The van der Waals surface area contributed by atoms with Crippen molar-refractivity contribution in [2.45, 2.75) is 13.0 Å². The summed E-state index contributed by atoms with van der Waals surface area (Å²) in [4.78, 5) is 14.0. The number of hydrogen-bond acceptors (Lipinski definition) is 3. The minimum atomic E-state index is -0.132. The maximum Gasteiger partial charge on any atom is 0.315 e. The Morgan fingerprint density at radius 1 is 1.19 bits per heavy atom. The van der Waals surface area contributed by atoms with E-state index in [1.807, 2.05) is 24.3 Å². The van der Waals surface area contributed by atoms with Crippen LogP contribution in [0.3, 0.4) is 0 Å². The molecule has 2 N–H and O–H groups in total. The van der Waals surface area contributed by atoms with Crippen LogP contribution in [0.4, 0.5) is 4.79 Å². The van der Waals surface area contributed by atoms with Gasteiger partial charge in [0.2, 0.25) is 0 Å². The summed E-state index contributed by atoms with van der Waals surface area (Å²) in [6, 6.07) is 7.31. The summed E-state index contributed by atoms with van der Waals surface area (Å²) in [7, 11) is 0. The largest absolute Gasteiger partial charge is 0.379 e. The molecule has 116 valence electrons. The van der Waals surface area contributed by atoms with Crippen molar-refractivity contribution in [1.82, 2.24) is 15.5 Å². The average Bonchev–Trinajstić information content (AvgIpc) is 2.52. The number of carbonyl (C=O) groups excluding carboxylic acids is 1. The van der Waals surface area contributed by atoms with E-state index in [1.54, 1.807) is 0 Å². The van der Waals surface area contributed by atoms with Crippen LogP contribution in [0.1, 0.15) is 12.0 Å². The molecule has 1 aromatic carbocycles. The summed E-state index contributed by atoms with van der Waals surface area (Å²) < 4.78 is 5.30. The Morgan fingerprint density at radius 3 is 2.62 bits per heavy atom. The lowest BCUT2D eigenvalue weighted by molar-refractivity contribution is 0.0375. The molecular weight excluding hydrogens is 290 g/mol. The third-order valence-corrected chi connectivity index (χ3v) is 3.66. The first-order valence-corrected chi connectivity index (χ1v) is 7.68. The van der Waals surface area contributed by atoms with Gasteiger partial charge in [-0.3, -0.25) is 4.90 Å². The van der Waals surface area contributed by atoms with E-state index in [9.17, 15) is 4.79 Å². The van der Waals surface area contributed by atoms with E-state index in [4.69, 9.17) is 16.3 Å². The average molecular weight is 312 g/mol. The van der Waals surface area contributed by atoms with Crippen molar-refractivity contribution in [1.29, 1.82) is 0 Å². The van der Waals surface area contributed by atoms with Gasteiger partial charge in [0.25, 0.3) is 0 Å². The predicted molar refractivity (Wildman–Crippen MR) is 83.6 cm³/mol. The fourth-order valence-electron chi connectivity index (χ4n) is 2.18. The number of morpholine rings is 1. The van der Waals surface area contributed by atoms with Crippen LogP contribution in [-0.2, 0) is 11.3 Å². The zero-order valence-corrected chi connectivity index (χ0v) is 12.9. The lowest BCUT2D eigenvalue weighted by atomic mass is 10.2. The van der Waals surface area contributed by atoms with Gasteiger partial charge in [-0.1, -0.05) is 23.7 Å². The molecule has 0 aromatic heterocycles. The molecule has 2 amide bonds. The number of nitrogens with one attached hydrogen (secondary N) is 2. The van der Waals surface area contributed by atoms with Crippen LogP contribution in [0, 0.1) is 0 Å². The smallest absolute Gasteiger partial charge is 0.315 e. The van der Waals surface area contributed by atoms with Gasteiger partial charge in [0.05, 0.1) is 13.2 Å². The van der Waals surface area contributed by atoms with Crippen LogP contribution in [0.15, 0.2) is 24.3 Å². The lowest BCUT2D eigenvalue weighted by Gasteiger charge is -2.26. The monoisotopic (exact) mass is 311 g/mol. The molecule has 1 aliphatic rings. The van der Waals surface area contributed by atoms with E-state index in [0.29, 0.717) is 18.1 Å². The molecule has 6 heteroatoms. The van der Waals surface area contributed by atoms with Gasteiger partial charge in [-0.05, 0) is 30.7 Å². The Labute approximate surface area is 130 Å². The second-order valence-electron chi connectivity index (χ2n) is 5.04. The van der Waals surface area contributed by atoms with Gasteiger partial charge in [-0.15, -0.1) is 0 Å². The minimum absolute atomic E-state index is 0.132. The number of hydrogen-bond donors (Lipinski definition) is 2. The van der Waals surface area contributed by atoms with E-state index in [1.165, 1.54) is 0 Å². The van der Waals surface area contributed by atoms with E-state index >= 15 is 0 Å². The molecular formula is C15H22ClN3O2. The number of halogens is 1. The highest BCUT2D eigenvalue weighted by atomic mass is 35.5.